The number of rotatable bonds is 8. The number of aliphatic imine (C=N–C) groups is 1. The lowest BCUT2D eigenvalue weighted by Crippen LogP contribution is -2.48. The van der Waals surface area contributed by atoms with E-state index in [1.54, 1.807) is 11.3 Å². The van der Waals surface area contributed by atoms with E-state index in [4.69, 9.17) is 4.99 Å². The molecule has 0 spiro atoms. The number of hydrogen-bond acceptors (Lipinski definition) is 4. The Kier molecular flexibility index (Phi) is 8.30. The number of aryl methyl sites for hydroxylation is 2. The second-order valence-electron chi connectivity index (χ2n) is 7.43. The summed E-state index contributed by atoms with van der Waals surface area (Å²) in [5.74, 6) is 0.958. The van der Waals surface area contributed by atoms with Gasteiger partial charge in [0.1, 0.15) is 0 Å². The van der Waals surface area contributed by atoms with E-state index in [-0.39, 0.29) is 0 Å². The first-order chi connectivity index (χ1) is 13.7. The summed E-state index contributed by atoms with van der Waals surface area (Å²) < 4.78 is 0. The lowest BCUT2D eigenvalue weighted by atomic mass is 10.0. The van der Waals surface area contributed by atoms with Gasteiger partial charge in [-0.3, -0.25) is 9.89 Å². The van der Waals surface area contributed by atoms with Crippen LogP contribution in [0.25, 0.3) is 0 Å². The highest BCUT2D eigenvalue weighted by atomic mass is 32.1. The van der Waals surface area contributed by atoms with Crippen molar-refractivity contribution in [1.82, 2.24) is 20.5 Å². The molecule has 3 rings (SSSR count). The van der Waals surface area contributed by atoms with E-state index in [0.29, 0.717) is 6.04 Å². The predicted octanol–water partition coefficient (Wildman–Crippen LogP) is 3.60. The van der Waals surface area contributed by atoms with Crippen molar-refractivity contribution < 1.29 is 0 Å². The Labute approximate surface area is 173 Å². The first-order valence-corrected chi connectivity index (χ1v) is 11.3. The van der Waals surface area contributed by atoms with Crippen LogP contribution < -0.4 is 10.6 Å². The van der Waals surface area contributed by atoms with Gasteiger partial charge in [-0.15, -0.1) is 11.3 Å². The number of thiazole rings is 1. The van der Waals surface area contributed by atoms with Crippen LogP contribution in [0, 0.1) is 6.92 Å². The lowest BCUT2D eigenvalue weighted by Gasteiger charge is -2.33. The van der Waals surface area contributed by atoms with Crippen molar-refractivity contribution in [2.24, 2.45) is 4.99 Å². The lowest BCUT2D eigenvalue weighted by molar-refractivity contribution is 0.198. The zero-order valence-electron chi connectivity index (χ0n) is 17.2. The first kappa shape index (κ1) is 20.8. The molecule has 0 aliphatic carbocycles. The molecule has 0 bridgehead atoms. The molecule has 6 heteroatoms. The Morgan fingerprint density at radius 2 is 2.04 bits per heavy atom. The van der Waals surface area contributed by atoms with E-state index in [0.717, 1.165) is 70.1 Å². The second-order valence-corrected chi connectivity index (χ2v) is 8.37. The molecular weight excluding hydrogens is 366 g/mol. The summed E-state index contributed by atoms with van der Waals surface area (Å²) in [5.41, 5.74) is 2.52. The average Bonchev–Trinajstić information content (AvgIpc) is 3.13. The molecule has 1 aliphatic heterocycles. The van der Waals surface area contributed by atoms with Gasteiger partial charge in [-0.25, -0.2) is 4.98 Å². The first-order valence-electron chi connectivity index (χ1n) is 10.4. The number of piperidine rings is 1. The van der Waals surface area contributed by atoms with Crippen molar-refractivity contribution >= 4 is 17.3 Å². The zero-order valence-corrected chi connectivity index (χ0v) is 18.0. The monoisotopic (exact) mass is 399 g/mol. The molecule has 0 atom stereocenters. The van der Waals surface area contributed by atoms with Gasteiger partial charge in [-0.05, 0) is 38.7 Å². The van der Waals surface area contributed by atoms with Crippen molar-refractivity contribution in [3.63, 3.8) is 0 Å². The molecule has 1 saturated heterocycles. The zero-order chi connectivity index (χ0) is 19.6. The molecule has 2 N–H and O–H groups in total. The topological polar surface area (TPSA) is 52.6 Å². The number of hydrogen-bond donors (Lipinski definition) is 2. The molecule has 5 nitrogen and oxygen atoms in total. The van der Waals surface area contributed by atoms with E-state index in [1.165, 1.54) is 10.6 Å². The van der Waals surface area contributed by atoms with Gasteiger partial charge in [0.15, 0.2) is 5.96 Å². The highest BCUT2D eigenvalue weighted by Crippen LogP contribution is 2.14. The Morgan fingerprint density at radius 3 is 2.71 bits per heavy atom. The van der Waals surface area contributed by atoms with Crippen molar-refractivity contribution in [3.05, 3.63) is 52.0 Å². The Balaban J connectivity index is 1.40. The highest BCUT2D eigenvalue weighted by molar-refractivity contribution is 7.09. The smallest absolute Gasteiger partial charge is 0.191 e. The third-order valence-corrected chi connectivity index (χ3v) is 6.03. The molecular formula is C22H33N5S. The third-order valence-electron chi connectivity index (χ3n) is 5.01. The molecule has 2 aromatic rings. The SMILES string of the molecule is CCNC(=NCCCc1nc(C)cs1)NC1CCN(Cc2ccccc2)CC1. The summed E-state index contributed by atoms with van der Waals surface area (Å²) in [5, 5.41) is 10.4. The maximum absolute atomic E-state index is 4.77. The van der Waals surface area contributed by atoms with Crippen LogP contribution in [0.4, 0.5) is 0 Å². The molecule has 0 amide bonds. The molecule has 1 aliphatic rings. The van der Waals surface area contributed by atoms with Crippen molar-refractivity contribution in [1.29, 1.82) is 0 Å². The molecule has 2 heterocycles. The highest BCUT2D eigenvalue weighted by Gasteiger charge is 2.19. The average molecular weight is 400 g/mol. The van der Waals surface area contributed by atoms with E-state index >= 15 is 0 Å². The second kappa shape index (κ2) is 11.2. The molecule has 0 saturated carbocycles. The maximum Gasteiger partial charge on any atom is 0.191 e. The Hall–Kier alpha value is -1.92. The quantitative estimate of drug-likeness (QED) is 0.405. The number of likely N-dealkylation sites (tertiary alicyclic amines) is 1. The normalized spacial score (nSPS) is 16.3. The Morgan fingerprint density at radius 1 is 1.25 bits per heavy atom. The van der Waals surface area contributed by atoms with Crippen molar-refractivity contribution in [2.45, 2.75) is 52.1 Å². The van der Waals surface area contributed by atoms with Crippen LogP contribution >= 0.6 is 11.3 Å². The minimum absolute atomic E-state index is 0.506. The predicted molar refractivity (Wildman–Crippen MR) is 119 cm³/mol. The molecule has 1 aromatic heterocycles. The third kappa shape index (κ3) is 6.91. The number of nitrogens with one attached hydrogen (secondary N) is 2. The van der Waals surface area contributed by atoms with E-state index in [1.807, 2.05) is 0 Å². The van der Waals surface area contributed by atoms with Crippen LogP contribution in [0.15, 0.2) is 40.7 Å². The van der Waals surface area contributed by atoms with Crippen LogP contribution in [0.3, 0.4) is 0 Å². The van der Waals surface area contributed by atoms with E-state index in [9.17, 15) is 0 Å². The van der Waals surface area contributed by atoms with Crippen LogP contribution in [0.1, 0.15) is 42.5 Å². The van der Waals surface area contributed by atoms with Gasteiger partial charge in [-0.1, -0.05) is 30.3 Å². The van der Waals surface area contributed by atoms with Gasteiger partial charge >= 0.3 is 0 Å². The molecule has 1 aromatic carbocycles. The molecule has 28 heavy (non-hydrogen) atoms. The summed E-state index contributed by atoms with van der Waals surface area (Å²) in [6, 6.07) is 11.3. The summed E-state index contributed by atoms with van der Waals surface area (Å²) in [4.78, 5) is 11.9. The molecule has 152 valence electrons. The van der Waals surface area contributed by atoms with Crippen LogP contribution in [-0.2, 0) is 13.0 Å². The van der Waals surface area contributed by atoms with E-state index in [2.05, 4.69) is 70.1 Å². The largest absolute Gasteiger partial charge is 0.357 e. The van der Waals surface area contributed by atoms with Gasteiger partial charge in [0.2, 0.25) is 0 Å². The number of aromatic nitrogens is 1. The van der Waals surface area contributed by atoms with Crippen molar-refractivity contribution in [2.75, 3.05) is 26.2 Å². The molecule has 0 unspecified atom stereocenters. The number of nitrogens with zero attached hydrogens (tertiary/aromatic N) is 3. The minimum Gasteiger partial charge on any atom is -0.357 e. The fourth-order valence-corrected chi connectivity index (χ4v) is 4.35. The summed E-state index contributed by atoms with van der Waals surface area (Å²) >= 11 is 1.75. The molecule has 0 radical (unpaired) electrons. The van der Waals surface area contributed by atoms with Crippen LogP contribution in [-0.4, -0.2) is 48.1 Å². The van der Waals surface area contributed by atoms with Crippen LogP contribution in [0.2, 0.25) is 0 Å². The van der Waals surface area contributed by atoms with E-state index < -0.39 is 0 Å². The fraction of sp³-hybridized carbons (Fsp3) is 0.545. The number of benzene rings is 1. The van der Waals surface area contributed by atoms with Gasteiger partial charge in [0.25, 0.3) is 0 Å². The van der Waals surface area contributed by atoms with Gasteiger partial charge in [0, 0.05) is 56.3 Å². The summed E-state index contributed by atoms with van der Waals surface area (Å²) in [6.45, 7) is 9.22. The summed E-state index contributed by atoms with van der Waals surface area (Å²) in [6.07, 6.45) is 4.38. The summed E-state index contributed by atoms with van der Waals surface area (Å²) in [7, 11) is 0. The minimum atomic E-state index is 0.506. The van der Waals surface area contributed by atoms with Crippen LogP contribution in [0.5, 0.6) is 0 Å². The van der Waals surface area contributed by atoms with Gasteiger partial charge in [-0.2, -0.15) is 0 Å². The van der Waals surface area contributed by atoms with Gasteiger partial charge in [0.05, 0.1) is 5.01 Å². The molecule has 1 fully saturated rings. The fourth-order valence-electron chi connectivity index (χ4n) is 3.53. The maximum atomic E-state index is 4.77. The number of guanidine groups is 1. The standard InChI is InChI=1S/C22H33N5S/c1-3-23-22(24-13-7-10-21-25-18(2)17-28-21)26-20-11-14-27(15-12-20)16-19-8-5-4-6-9-19/h4-6,8-9,17,20H,3,7,10-16H2,1-2H3,(H2,23,24,26). The van der Waals surface area contributed by atoms with Gasteiger partial charge < -0.3 is 10.6 Å². The Bertz CT molecular complexity index is 720. The van der Waals surface area contributed by atoms with Crippen molar-refractivity contribution in [3.8, 4) is 0 Å².